The fourth-order valence-electron chi connectivity index (χ4n) is 3.20. The van der Waals surface area contributed by atoms with E-state index in [0.29, 0.717) is 22.6 Å². The number of carbonyl (C=O) groups excluding carboxylic acids is 1. The molecular weight excluding hydrogens is 360 g/mol. The second kappa shape index (κ2) is 7.10. The number of carbonyl (C=O) groups is 1. The lowest BCUT2D eigenvalue weighted by Crippen LogP contribution is -2.43. The first-order valence-electron chi connectivity index (χ1n) is 9.15. The van der Waals surface area contributed by atoms with Crippen molar-refractivity contribution in [1.82, 2.24) is 5.01 Å². The summed E-state index contributed by atoms with van der Waals surface area (Å²) in [6, 6.07) is 14.4. The number of hydrogen-bond donors (Lipinski definition) is 1. The highest BCUT2D eigenvalue weighted by molar-refractivity contribution is 6.30. The third kappa shape index (κ3) is 3.78. The zero-order valence-corrected chi connectivity index (χ0v) is 16.9. The molecular formula is C22H25ClN2O2. The number of benzene rings is 2. The van der Waals surface area contributed by atoms with Crippen LogP contribution >= 0.6 is 11.6 Å². The van der Waals surface area contributed by atoms with Gasteiger partial charge >= 0.3 is 0 Å². The maximum atomic E-state index is 13.2. The third-order valence-corrected chi connectivity index (χ3v) is 5.20. The van der Waals surface area contributed by atoms with E-state index in [9.17, 15) is 9.90 Å². The Labute approximate surface area is 165 Å². The number of amides is 1. The van der Waals surface area contributed by atoms with Crippen LogP contribution in [0.3, 0.4) is 0 Å². The quantitative estimate of drug-likeness (QED) is 0.800. The maximum absolute atomic E-state index is 13.2. The predicted octanol–water partition coefficient (Wildman–Crippen LogP) is 5.09. The Morgan fingerprint density at radius 2 is 1.74 bits per heavy atom. The van der Waals surface area contributed by atoms with E-state index in [-0.39, 0.29) is 17.7 Å². The summed E-state index contributed by atoms with van der Waals surface area (Å²) in [6.45, 7) is 8.34. The highest BCUT2D eigenvalue weighted by atomic mass is 35.5. The number of rotatable bonds is 3. The summed E-state index contributed by atoms with van der Waals surface area (Å²) in [4.78, 5) is 13.2. The van der Waals surface area contributed by atoms with Gasteiger partial charge in [0, 0.05) is 28.3 Å². The molecule has 1 heterocycles. The summed E-state index contributed by atoms with van der Waals surface area (Å²) in [6.07, 6.45) is 0.958. The van der Waals surface area contributed by atoms with Gasteiger partial charge in [-0.05, 0) is 41.7 Å². The minimum Gasteiger partial charge on any atom is -0.365 e. The topological polar surface area (TPSA) is 52.9 Å². The molecule has 0 aliphatic carbocycles. The van der Waals surface area contributed by atoms with Gasteiger partial charge in [-0.1, -0.05) is 63.6 Å². The lowest BCUT2D eigenvalue weighted by Gasteiger charge is -2.31. The van der Waals surface area contributed by atoms with Crippen LogP contribution in [0, 0.1) is 0 Å². The standard InChI is InChI=1S/C22H25ClN2O2/c1-5-19-14-22(27,17-10-12-18(23)13-11-17)25(24-19)20(26)15-6-8-16(9-7-15)21(2,3)4/h6-13,27H,5,14H2,1-4H3/t22-/m0/s1. The molecule has 4 nitrogen and oxygen atoms in total. The summed E-state index contributed by atoms with van der Waals surface area (Å²) < 4.78 is 0. The monoisotopic (exact) mass is 384 g/mol. The van der Waals surface area contributed by atoms with Crippen LogP contribution in [0.2, 0.25) is 5.02 Å². The number of aliphatic hydroxyl groups is 1. The minimum atomic E-state index is -1.50. The lowest BCUT2D eigenvalue weighted by atomic mass is 9.86. The maximum Gasteiger partial charge on any atom is 0.276 e. The fourth-order valence-corrected chi connectivity index (χ4v) is 3.33. The summed E-state index contributed by atoms with van der Waals surface area (Å²) in [5.41, 5.74) is 1.52. The molecule has 1 aliphatic rings. The van der Waals surface area contributed by atoms with Crippen molar-refractivity contribution >= 4 is 23.2 Å². The van der Waals surface area contributed by atoms with Gasteiger partial charge in [0.15, 0.2) is 5.72 Å². The first-order valence-corrected chi connectivity index (χ1v) is 9.53. The molecule has 0 radical (unpaired) electrons. The van der Waals surface area contributed by atoms with Gasteiger partial charge in [0.1, 0.15) is 0 Å². The van der Waals surface area contributed by atoms with Crippen molar-refractivity contribution in [2.24, 2.45) is 5.10 Å². The normalized spacial score (nSPS) is 19.9. The van der Waals surface area contributed by atoms with Crippen LogP contribution in [0.1, 0.15) is 62.0 Å². The third-order valence-electron chi connectivity index (χ3n) is 4.95. The smallest absolute Gasteiger partial charge is 0.276 e. The van der Waals surface area contributed by atoms with Gasteiger partial charge in [0.05, 0.1) is 0 Å². The van der Waals surface area contributed by atoms with E-state index >= 15 is 0 Å². The Kier molecular flexibility index (Phi) is 5.15. The Morgan fingerprint density at radius 1 is 1.15 bits per heavy atom. The zero-order valence-electron chi connectivity index (χ0n) is 16.2. The molecule has 1 atom stereocenters. The molecule has 142 valence electrons. The second-order valence-electron chi connectivity index (χ2n) is 7.96. The van der Waals surface area contributed by atoms with Crippen LogP contribution in [-0.4, -0.2) is 21.7 Å². The second-order valence-corrected chi connectivity index (χ2v) is 8.40. The van der Waals surface area contributed by atoms with Gasteiger partial charge in [-0.15, -0.1) is 0 Å². The first-order chi connectivity index (χ1) is 12.6. The minimum absolute atomic E-state index is 0.00674. The van der Waals surface area contributed by atoms with Crippen molar-refractivity contribution in [1.29, 1.82) is 0 Å². The van der Waals surface area contributed by atoms with E-state index in [1.165, 1.54) is 5.01 Å². The zero-order chi connectivity index (χ0) is 19.8. The molecule has 3 rings (SSSR count). The van der Waals surface area contributed by atoms with Crippen LogP contribution in [0.15, 0.2) is 53.6 Å². The van der Waals surface area contributed by atoms with Crippen LogP contribution in [0.25, 0.3) is 0 Å². The molecule has 1 amide bonds. The highest BCUT2D eigenvalue weighted by Crippen LogP contribution is 2.37. The molecule has 1 N–H and O–H groups in total. The molecule has 0 unspecified atom stereocenters. The summed E-state index contributed by atoms with van der Waals surface area (Å²) >= 11 is 5.98. The van der Waals surface area contributed by atoms with Crippen molar-refractivity contribution in [3.05, 3.63) is 70.2 Å². The average Bonchev–Trinajstić information content (AvgIpc) is 2.99. The Morgan fingerprint density at radius 3 is 2.26 bits per heavy atom. The summed E-state index contributed by atoms with van der Waals surface area (Å²) in [5, 5.41) is 17.6. The van der Waals surface area contributed by atoms with E-state index in [1.807, 2.05) is 19.1 Å². The van der Waals surface area contributed by atoms with E-state index in [1.54, 1.807) is 36.4 Å². The van der Waals surface area contributed by atoms with E-state index in [2.05, 4.69) is 25.9 Å². The van der Waals surface area contributed by atoms with Crippen molar-refractivity contribution in [3.8, 4) is 0 Å². The largest absolute Gasteiger partial charge is 0.365 e. The molecule has 2 aromatic rings. The average molecular weight is 385 g/mol. The molecule has 0 fully saturated rings. The number of halogens is 1. The Bertz CT molecular complexity index is 867. The SMILES string of the molecule is CCC1=NN(C(=O)c2ccc(C(C)(C)C)cc2)[C@@](O)(c2ccc(Cl)cc2)C1. The van der Waals surface area contributed by atoms with E-state index < -0.39 is 5.72 Å². The van der Waals surface area contributed by atoms with Crippen LogP contribution in [0.4, 0.5) is 0 Å². The number of hydrogen-bond acceptors (Lipinski definition) is 3. The summed E-state index contributed by atoms with van der Waals surface area (Å²) in [5.74, 6) is -0.323. The highest BCUT2D eigenvalue weighted by Gasteiger charge is 2.45. The molecule has 0 bridgehead atoms. The lowest BCUT2D eigenvalue weighted by molar-refractivity contribution is -0.0765. The van der Waals surface area contributed by atoms with E-state index in [4.69, 9.17) is 11.6 Å². The van der Waals surface area contributed by atoms with Crippen LogP contribution in [0.5, 0.6) is 0 Å². The van der Waals surface area contributed by atoms with Crippen molar-refractivity contribution in [3.63, 3.8) is 0 Å². The van der Waals surface area contributed by atoms with E-state index in [0.717, 1.165) is 11.3 Å². The van der Waals surface area contributed by atoms with Gasteiger partial charge in [-0.3, -0.25) is 4.79 Å². The molecule has 0 saturated carbocycles. The Hall–Kier alpha value is -2.17. The molecule has 2 aromatic carbocycles. The molecule has 0 spiro atoms. The van der Waals surface area contributed by atoms with Crippen LogP contribution < -0.4 is 0 Å². The van der Waals surface area contributed by atoms with Gasteiger partial charge in [0.2, 0.25) is 0 Å². The molecule has 0 saturated heterocycles. The van der Waals surface area contributed by atoms with Gasteiger partial charge in [-0.25, -0.2) is 0 Å². The van der Waals surface area contributed by atoms with Gasteiger partial charge in [-0.2, -0.15) is 10.1 Å². The Balaban J connectivity index is 1.97. The molecule has 27 heavy (non-hydrogen) atoms. The number of hydrazone groups is 1. The van der Waals surface area contributed by atoms with Crippen molar-refractivity contribution < 1.29 is 9.90 Å². The van der Waals surface area contributed by atoms with Gasteiger partial charge < -0.3 is 5.11 Å². The van der Waals surface area contributed by atoms with Crippen molar-refractivity contribution in [2.45, 2.75) is 51.7 Å². The first kappa shape index (κ1) is 19.6. The summed E-state index contributed by atoms with van der Waals surface area (Å²) in [7, 11) is 0. The number of nitrogens with zero attached hydrogens (tertiary/aromatic N) is 2. The van der Waals surface area contributed by atoms with Crippen LogP contribution in [-0.2, 0) is 11.1 Å². The molecule has 1 aliphatic heterocycles. The molecule has 0 aromatic heterocycles. The van der Waals surface area contributed by atoms with Crippen molar-refractivity contribution in [2.75, 3.05) is 0 Å². The predicted molar refractivity (Wildman–Crippen MR) is 109 cm³/mol. The van der Waals surface area contributed by atoms with Gasteiger partial charge in [0.25, 0.3) is 5.91 Å². The molecule has 5 heteroatoms. The fraction of sp³-hybridized carbons (Fsp3) is 0.364.